The van der Waals surface area contributed by atoms with Crippen molar-refractivity contribution >= 4 is 24.8 Å². The number of hydrogen-bond acceptors (Lipinski definition) is 4. The van der Waals surface area contributed by atoms with Crippen molar-refractivity contribution in [3.63, 3.8) is 0 Å². The van der Waals surface area contributed by atoms with E-state index < -0.39 is 0 Å². The molecule has 16 heavy (non-hydrogen) atoms. The number of halogens is 2. The predicted molar refractivity (Wildman–Crippen MR) is 72.7 cm³/mol. The summed E-state index contributed by atoms with van der Waals surface area (Å²) < 4.78 is 0. The smallest absolute Gasteiger partial charge is 0.0639 e. The summed E-state index contributed by atoms with van der Waals surface area (Å²) in [5, 5.41) is 9.32. The molecule has 0 aromatic heterocycles. The molecule has 0 aromatic carbocycles. The van der Waals surface area contributed by atoms with Gasteiger partial charge in [0.05, 0.1) is 6.10 Å². The lowest BCUT2D eigenvalue weighted by Gasteiger charge is -2.40. The van der Waals surface area contributed by atoms with Gasteiger partial charge in [0.25, 0.3) is 0 Å². The van der Waals surface area contributed by atoms with Crippen molar-refractivity contribution < 1.29 is 5.11 Å². The molecule has 3 N–H and O–H groups in total. The molecule has 4 nitrogen and oxygen atoms in total. The number of aliphatic hydroxyl groups excluding tert-OH is 1. The van der Waals surface area contributed by atoms with Crippen LogP contribution in [0.25, 0.3) is 0 Å². The predicted octanol–water partition coefficient (Wildman–Crippen LogP) is 0.176. The highest BCUT2D eigenvalue weighted by molar-refractivity contribution is 5.85. The molecule has 0 aliphatic carbocycles. The Morgan fingerprint density at radius 2 is 2.00 bits per heavy atom. The summed E-state index contributed by atoms with van der Waals surface area (Å²) in [6.45, 7) is 9.78. The van der Waals surface area contributed by atoms with Crippen LogP contribution in [0.5, 0.6) is 0 Å². The summed E-state index contributed by atoms with van der Waals surface area (Å²) in [6, 6.07) is 0.532. The Labute approximate surface area is 111 Å². The first-order valence-corrected chi connectivity index (χ1v) is 5.48. The van der Waals surface area contributed by atoms with Gasteiger partial charge in [0.1, 0.15) is 0 Å². The van der Waals surface area contributed by atoms with Crippen LogP contribution in [0.4, 0.5) is 0 Å². The number of hydrogen-bond donors (Lipinski definition) is 2. The monoisotopic (exact) mass is 273 g/mol. The lowest BCUT2D eigenvalue weighted by Crippen LogP contribution is -2.54. The van der Waals surface area contributed by atoms with Crippen molar-refractivity contribution in [1.29, 1.82) is 0 Å². The first-order valence-electron chi connectivity index (χ1n) is 5.48. The molecule has 1 aliphatic heterocycles. The molecule has 2 unspecified atom stereocenters. The lowest BCUT2D eigenvalue weighted by atomic mass is 10.1. The van der Waals surface area contributed by atoms with Gasteiger partial charge in [-0.25, -0.2) is 0 Å². The fraction of sp³-hybridized carbons (Fsp3) is 1.00. The number of rotatable bonds is 4. The van der Waals surface area contributed by atoms with Gasteiger partial charge in [0.15, 0.2) is 0 Å². The van der Waals surface area contributed by atoms with Gasteiger partial charge in [-0.15, -0.1) is 24.8 Å². The summed E-state index contributed by atoms with van der Waals surface area (Å²) in [7, 11) is 0. The van der Waals surface area contributed by atoms with Crippen LogP contribution in [0.1, 0.15) is 13.8 Å². The van der Waals surface area contributed by atoms with Crippen molar-refractivity contribution in [2.75, 3.05) is 39.3 Å². The first kappa shape index (κ1) is 18.8. The Bertz CT molecular complexity index is 172. The lowest BCUT2D eigenvalue weighted by molar-refractivity contribution is 0.0464. The van der Waals surface area contributed by atoms with Crippen molar-refractivity contribution in [1.82, 2.24) is 9.80 Å². The zero-order valence-corrected chi connectivity index (χ0v) is 11.8. The number of nitrogens with zero attached hydrogens (tertiary/aromatic N) is 2. The van der Waals surface area contributed by atoms with E-state index in [1.54, 1.807) is 0 Å². The molecule has 6 heteroatoms. The zero-order valence-electron chi connectivity index (χ0n) is 10.1. The van der Waals surface area contributed by atoms with Crippen molar-refractivity contribution in [2.45, 2.75) is 26.0 Å². The van der Waals surface area contributed by atoms with Crippen molar-refractivity contribution in [3.8, 4) is 0 Å². The largest absolute Gasteiger partial charge is 0.392 e. The highest BCUT2D eigenvalue weighted by Crippen LogP contribution is 2.09. The third kappa shape index (κ3) is 6.23. The van der Waals surface area contributed by atoms with Gasteiger partial charge in [-0.3, -0.25) is 9.80 Å². The molecule has 0 saturated carbocycles. The Kier molecular flexibility index (Phi) is 11.1. The fourth-order valence-electron chi connectivity index (χ4n) is 2.07. The maximum atomic E-state index is 9.32. The van der Waals surface area contributed by atoms with Crippen LogP contribution >= 0.6 is 24.8 Å². The Balaban J connectivity index is 0. The minimum Gasteiger partial charge on any atom is -0.392 e. The van der Waals surface area contributed by atoms with E-state index in [-0.39, 0.29) is 30.9 Å². The van der Waals surface area contributed by atoms with Crippen molar-refractivity contribution in [3.05, 3.63) is 0 Å². The summed E-state index contributed by atoms with van der Waals surface area (Å²) in [6.07, 6.45) is -0.224. The Morgan fingerprint density at radius 1 is 1.38 bits per heavy atom. The number of β-amino-alcohol motifs (C(OH)–C–C–N with tert-alkyl or cyclic N) is 1. The van der Waals surface area contributed by atoms with E-state index in [2.05, 4.69) is 16.7 Å². The van der Waals surface area contributed by atoms with Crippen LogP contribution in [0, 0.1) is 0 Å². The second-order valence-electron chi connectivity index (χ2n) is 4.28. The molecule has 1 aliphatic rings. The quantitative estimate of drug-likeness (QED) is 0.767. The van der Waals surface area contributed by atoms with E-state index in [4.69, 9.17) is 5.73 Å². The normalized spacial score (nSPS) is 24.4. The maximum absolute atomic E-state index is 9.32. The average molecular weight is 274 g/mol. The van der Waals surface area contributed by atoms with Crippen LogP contribution in [0.15, 0.2) is 0 Å². The number of aliphatic hydroxyl groups is 1. The summed E-state index contributed by atoms with van der Waals surface area (Å²) in [5.74, 6) is 0. The van der Waals surface area contributed by atoms with Gasteiger partial charge in [0, 0.05) is 45.3 Å². The highest BCUT2D eigenvalue weighted by atomic mass is 35.5. The van der Waals surface area contributed by atoms with Crippen LogP contribution in [0.2, 0.25) is 0 Å². The topological polar surface area (TPSA) is 52.7 Å². The summed E-state index contributed by atoms with van der Waals surface area (Å²) in [5.41, 5.74) is 5.52. The van der Waals surface area contributed by atoms with E-state index in [9.17, 15) is 5.11 Å². The second-order valence-corrected chi connectivity index (χ2v) is 4.28. The van der Waals surface area contributed by atoms with Gasteiger partial charge >= 0.3 is 0 Å². The minimum absolute atomic E-state index is 0. The molecule has 1 saturated heterocycles. The van der Waals surface area contributed by atoms with E-state index in [0.717, 1.165) is 39.3 Å². The van der Waals surface area contributed by atoms with Crippen molar-refractivity contribution in [2.24, 2.45) is 5.73 Å². The number of nitrogens with two attached hydrogens (primary N) is 1. The highest BCUT2D eigenvalue weighted by Gasteiger charge is 2.23. The third-order valence-electron chi connectivity index (χ3n) is 2.79. The van der Waals surface area contributed by atoms with E-state index in [1.165, 1.54) is 0 Å². The molecule has 0 amide bonds. The molecular formula is C10H25Cl2N3O. The second kappa shape index (κ2) is 9.45. The zero-order chi connectivity index (χ0) is 10.6. The molecule has 2 atom stereocenters. The fourth-order valence-corrected chi connectivity index (χ4v) is 2.07. The molecular weight excluding hydrogens is 249 g/mol. The van der Waals surface area contributed by atoms with Crippen LogP contribution in [0.3, 0.4) is 0 Å². The molecule has 0 bridgehead atoms. The minimum atomic E-state index is -0.224. The van der Waals surface area contributed by atoms with E-state index >= 15 is 0 Å². The molecule has 1 heterocycles. The van der Waals surface area contributed by atoms with Crippen LogP contribution in [-0.4, -0.2) is 66.3 Å². The molecule has 0 spiro atoms. The van der Waals surface area contributed by atoms with Gasteiger partial charge < -0.3 is 10.8 Å². The number of piperazine rings is 1. The standard InChI is InChI=1S/C10H23N3O.2ClH/c1-9-7-12(4-3-11)5-6-13(9)8-10(2)14;;/h9-10,14H,3-8,11H2,1-2H3;2*1H. The maximum Gasteiger partial charge on any atom is 0.0639 e. The summed E-state index contributed by atoms with van der Waals surface area (Å²) >= 11 is 0. The van der Waals surface area contributed by atoms with Gasteiger partial charge in [-0.05, 0) is 13.8 Å². The van der Waals surface area contributed by atoms with Gasteiger partial charge in [-0.1, -0.05) is 0 Å². The molecule has 1 rings (SSSR count). The average Bonchev–Trinajstić information content (AvgIpc) is 2.10. The van der Waals surface area contributed by atoms with Crippen LogP contribution < -0.4 is 5.73 Å². The molecule has 100 valence electrons. The molecule has 0 radical (unpaired) electrons. The summed E-state index contributed by atoms with van der Waals surface area (Å²) in [4.78, 5) is 4.74. The Hall–Kier alpha value is 0.420. The van der Waals surface area contributed by atoms with E-state index in [1.807, 2.05) is 6.92 Å². The van der Waals surface area contributed by atoms with Gasteiger partial charge in [-0.2, -0.15) is 0 Å². The van der Waals surface area contributed by atoms with Crippen LogP contribution in [-0.2, 0) is 0 Å². The molecule has 1 fully saturated rings. The van der Waals surface area contributed by atoms with E-state index in [0.29, 0.717) is 6.04 Å². The van der Waals surface area contributed by atoms with Gasteiger partial charge in [0.2, 0.25) is 0 Å². The molecule has 0 aromatic rings. The first-order chi connectivity index (χ1) is 6.63. The third-order valence-corrected chi connectivity index (χ3v) is 2.79. The Morgan fingerprint density at radius 3 is 2.44 bits per heavy atom. The SMILES string of the molecule is CC(O)CN1CCN(CCN)CC1C.Cl.Cl.